The van der Waals surface area contributed by atoms with Crippen molar-refractivity contribution in [3.05, 3.63) is 72.1 Å². The van der Waals surface area contributed by atoms with Crippen LogP contribution in [0.5, 0.6) is 0 Å². The van der Waals surface area contributed by atoms with Gasteiger partial charge in [0.05, 0.1) is 6.42 Å². The molecule has 0 saturated heterocycles. The number of ketones is 1. The number of nitrogens with one attached hydrogen (secondary N) is 2. The highest BCUT2D eigenvalue weighted by Gasteiger charge is 2.22. The third-order valence-corrected chi connectivity index (χ3v) is 4.54. The standard InChI is InChI=1S/C21H18N2O3/c1-13(21(25)17-12-23-19-9-5-3-7-16(17)19)26-20(24)10-14-11-22-18-8-4-2-6-15(14)18/h2-9,11-13,22-23H,10H2,1H3/t13-/m0/s1. The van der Waals surface area contributed by atoms with Crippen LogP contribution in [-0.2, 0) is 16.0 Å². The van der Waals surface area contributed by atoms with Gasteiger partial charge < -0.3 is 14.7 Å². The van der Waals surface area contributed by atoms with Gasteiger partial charge in [-0.3, -0.25) is 9.59 Å². The van der Waals surface area contributed by atoms with Crippen LogP contribution in [0.15, 0.2) is 60.9 Å². The molecular weight excluding hydrogens is 328 g/mol. The van der Waals surface area contributed by atoms with E-state index in [0.717, 1.165) is 27.4 Å². The normalized spacial score (nSPS) is 12.3. The second-order valence-electron chi connectivity index (χ2n) is 6.28. The molecule has 0 aliphatic rings. The summed E-state index contributed by atoms with van der Waals surface area (Å²) >= 11 is 0. The Kier molecular flexibility index (Phi) is 4.05. The Hall–Kier alpha value is -3.34. The SMILES string of the molecule is C[C@H](OC(=O)Cc1c[nH]c2ccccc12)C(=O)c1c[nH]c2ccccc12. The van der Waals surface area contributed by atoms with Gasteiger partial charge in [0, 0.05) is 39.8 Å². The summed E-state index contributed by atoms with van der Waals surface area (Å²) < 4.78 is 5.39. The number of fused-ring (bicyclic) bond motifs is 2. The summed E-state index contributed by atoms with van der Waals surface area (Å²) in [4.78, 5) is 31.2. The zero-order valence-corrected chi connectivity index (χ0v) is 14.3. The van der Waals surface area contributed by atoms with Crippen molar-refractivity contribution in [3.63, 3.8) is 0 Å². The predicted molar refractivity (Wildman–Crippen MR) is 100 cm³/mol. The van der Waals surface area contributed by atoms with E-state index in [4.69, 9.17) is 4.74 Å². The molecule has 0 saturated carbocycles. The van der Waals surface area contributed by atoms with Gasteiger partial charge in [-0.05, 0) is 24.6 Å². The van der Waals surface area contributed by atoms with Gasteiger partial charge in [-0.2, -0.15) is 0 Å². The Balaban J connectivity index is 1.48. The van der Waals surface area contributed by atoms with Crippen LogP contribution >= 0.6 is 0 Å². The topological polar surface area (TPSA) is 75.0 Å². The van der Waals surface area contributed by atoms with Crippen LogP contribution in [0, 0.1) is 0 Å². The number of H-pyrrole nitrogens is 2. The molecule has 0 amide bonds. The van der Waals surface area contributed by atoms with Gasteiger partial charge in [-0.25, -0.2) is 0 Å². The fraction of sp³-hybridized carbons (Fsp3) is 0.143. The van der Waals surface area contributed by atoms with Crippen LogP contribution in [0.2, 0.25) is 0 Å². The Labute approximate surface area is 150 Å². The van der Waals surface area contributed by atoms with Crippen LogP contribution < -0.4 is 0 Å². The average Bonchev–Trinajstić information content (AvgIpc) is 3.25. The summed E-state index contributed by atoms with van der Waals surface area (Å²) in [6, 6.07) is 15.3. The Morgan fingerprint density at radius 3 is 2.31 bits per heavy atom. The molecule has 2 heterocycles. The third kappa shape index (κ3) is 2.88. The minimum atomic E-state index is -0.841. The molecule has 5 heteroatoms. The molecule has 2 N–H and O–H groups in total. The predicted octanol–water partition coefficient (Wildman–Crippen LogP) is 4.01. The van der Waals surface area contributed by atoms with E-state index in [1.807, 2.05) is 48.5 Å². The third-order valence-electron chi connectivity index (χ3n) is 4.54. The molecule has 130 valence electrons. The summed E-state index contributed by atoms with van der Waals surface area (Å²) in [7, 11) is 0. The molecule has 0 unspecified atom stereocenters. The molecule has 0 aliphatic carbocycles. The summed E-state index contributed by atoms with van der Waals surface area (Å²) in [5.74, 6) is -0.634. The highest BCUT2D eigenvalue weighted by Crippen LogP contribution is 2.21. The van der Waals surface area contributed by atoms with Gasteiger partial charge in [-0.15, -0.1) is 0 Å². The number of carbonyl (C=O) groups excluding carboxylic acids is 2. The highest BCUT2D eigenvalue weighted by molar-refractivity contribution is 6.10. The molecule has 0 aliphatic heterocycles. The molecule has 2 aromatic carbocycles. The molecule has 4 aromatic rings. The lowest BCUT2D eigenvalue weighted by Crippen LogP contribution is -2.25. The highest BCUT2D eigenvalue weighted by atomic mass is 16.5. The maximum Gasteiger partial charge on any atom is 0.311 e. The van der Waals surface area contributed by atoms with Crippen molar-refractivity contribution in [2.75, 3.05) is 0 Å². The number of ether oxygens (including phenoxy) is 1. The largest absolute Gasteiger partial charge is 0.454 e. The van der Waals surface area contributed by atoms with E-state index in [1.54, 1.807) is 19.3 Å². The molecule has 0 fully saturated rings. The van der Waals surface area contributed by atoms with Crippen LogP contribution in [0.4, 0.5) is 0 Å². The fourth-order valence-corrected chi connectivity index (χ4v) is 3.22. The van der Waals surface area contributed by atoms with Crippen molar-refractivity contribution in [1.29, 1.82) is 0 Å². The van der Waals surface area contributed by atoms with Gasteiger partial charge in [0.25, 0.3) is 0 Å². The molecule has 26 heavy (non-hydrogen) atoms. The van der Waals surface area contributed by atoms with E-state index >= 15 is 0 Å². The van der Waals surface area contributed by atoms with E-state index in [9.17, 15) is 9.59 Å². The average molecular weight is 346 g/mol. The number of hydrogen-bond acceptors (Lipinski definition) is 3. The monoisotopic (exact) mass is 346 g/mol. The van der Waals surface area contributed by atoms with Crippen LogP contribution in [0.3, 0.4) is 0 Å². The van der Waals surface area contributed by atoms with Gasteiger partial charge >= 0.3 is 5.97 Å². The van der Waals surface area contributed by atoms with Crippen molar-refractivity contribution in [2.24, 2.45) is 0 Å². The number of esters is 1. The van der Waals surface area contributed by atoms with E-state index in [-0.39, 0.29) is 12.2 Å². The first-order valence-electron chi connectivity index (χ1n) is 8.48. The lowest BCUT2D eigenvalue weighted by Gasteiger charge is -2.11. The zero-order valence-electron chi connectivity index (χ0n) is 14.3. The van der Waals surface area contributed by atoms with Gasteiger partial charge in [0.2, 0.25) is 5.78 Å². The lowest BCUT2D eigenvalue weighted by atomic mass is 10.1. The van der Waals surface area contributed by atoms with Crippen molar-refractivity contribution >= 4 is 33.6 Å². The van der Waals surface area contributed by atoms with Gasteiger partial charge in [-0.1, -0.05) is 36.4 Å². The van der Waals surface area contributed by atoms with E-state index in [2.05, 4.69) is 9.97 Å². The second-order valence-corrected chi connectivity index (χ2v) is 6.28. The van der Waals surface area contributed by atoms with Crippen LogP contribution in [0.25, 0.3) is 21.8 Å². The first-order valence-corrected chi connectivity index (χ1v) is 8.48. The quantitative estimate of drug-likeness (QED) is 0.423. The molecule has 1 atom stereocenters. The van der Waals surface area contributed by atoms with Gasteiger partial charge in [0.1, 0.15) is 0 Å². The Morgan fingerprint density at radius 2 is 1.54 bits per heavy atom. The molecule has 0 spiro atoms. The molecule has 4 rings (SSSR count). The van der Waals surface area contributed by atoms with Crippen molar-refractivity contribution < 1.29 is 14.3 Å². The molecular formula is C21H18N2O3. The van der Waals surface area contributed by atoms with Crippen molar-refractivity contribution in [3.8, 4) is 0 Å². The molecule has 5 nitrogen and oxygen atoms in total. The minimum Gasteiger partial charge on any atom is -0.454 e. The number of hydrogen-bond donors (Lipinski definition) is 2. The Bertz CT molecular complexity index is 1110. The van der Waals surface area contributed by atoms with E-state index in [0.29, 0.717) is 5.56 Å². The molecule has 0 bridgehead atoms. The first-order chi connectivity index (χ1) is 12.6. The van der Waals surface area contributed by atoms with Crippen LogP contribution in [0.1, 0.15) is 22.8 Å². The van der Waals surface area contributed by atoms with Gasteiger partial charge in [0.15, 0.2) is 6.10 Å². The number of carbonyl (C=O) groups is 2. The first kappa shape index (κ1) is 16.1. The number of rotatable bonds is 5. The molecule has 2 aromatic heterocycles. The number of aromatic amines is 2. The van der Waals surface area contributed by atoms with Crippen molar-refractivity contribution in [2.45, 2.75) is 19.4 Å². The number of benzene rings is 2. The smallest absolute Gasteiger partial charge is 0.311 e. The van der Waals surface area contributed by atoms with Crippen molar-refractivity contribution in [1.82, 2.24) is 9.97 Å². The van der Waals surface area contributed by atoms with E-state index in [1.165, 1.54) is 0 Å². The Morgan fingerprint density at radius 1 is 0.923 bits per heavy atom. The second kappa shape index (κ2) is 6.52. The fourth-order valence-electron chi connectivity index (χ4n) is 3.22. The summed E-state index contributed by atoms with van der Waals surface area (Å²) in [6.45, 7) is 1.61. The summed E-state index contributed by atoms with van der Waals surface area (Å²) in [5.41, 5.74) is 3.25. The summed E-state index contributed by atoms with van der Waals surface area (Å²) in [6.07, 6.45) is 2.75. The summed E-state index contributed by atoms with van der Waals surface area (Å²) in [5, 5.41) is 1.82. The number of Topliss-reactive ketones (excluding diaryl/α,β-unsaturated/α-hetero) is 1. The lowest BCUT2D eigenvalue weighted by molar-refractivity contribution is -0.145. The number of para-hydroxylation sites is 2. The molecule has 0 radical (unpaired) electrons. The maximum atomic E-state index is 12.7. The minimum absolute atomic E-state index is 0.121. The van der Waals surface area contributed by atoms with E-state index < -0.39 is 12.1 Å². The zero-order chi connectivity index (χ0) is 18.1. The maximum absolute atomic E-state index is 12.7. The van der Waals surface area contributed by atoms with Crippen LogP contribution in [-0.4, -0.2) is 27.8 Å². The number of aromatic nitrogens is 2.